The van der Waals surface area contributed by atoms with Gasteiger partial charge in [0.05, 0.1) is 6.10 Å². The molecule has 1 N–H and O–H groups in total. The van der Waals surface area contributed by atoms with Gasteiger partial charge in [-0.25, -0.2) is 4.98 Å². The zero-order valence-electron chi connectivity index (χ0n) is 7.16. The molecule has 0 aliphatic carbocycles. The maximum atomic E-state index is 9.28. The predicted octanol–water partition coefficient (Wildman–Crippen LogP) is 2.22. The van der Waals surface area contributed by atoms with Gasteiger partial charge in [-0.15, -0.1) is 0 Å². The van der Waals surface area contributed by atoms with Crippen molar-refractivity contribution in [1.29, 1.82) is 0 Å². The summed E-state index contributed by atoms with van der Waals surface area (Å²) in [7, 11) is 0. The summed E-state index contributed by atoms with van der Waals surface area (Å²) in [4.78, 5) is 3.94. The minimum absolute atomic E-state index is 0.106. The first kappa shape index (κ1) is 9.49. The molecule has 0 aliphatic heterocycles. The molecule has 1 aromatic rings. The molecule has 66 valence electrons. The van der Waals surface area contributed by atoms with Gasteiger partial charge in [-0.05, 0) is 18.6 Å². The smallest absolute Gasteiger partial charge is 0.129 e. The number of halogens is 1. The molecule has 2 atom stereocenters. The second-order valence-corrected chi connectivity index (χ2v) is 3.33. The number of pyridine rings is 1. The lowest BCUT2D eigenvalue weighted by Crippen LogP contribution is -2.10. The molecule has 1 rings (SSSR count). The van der Waals surface area contributed by atoms with Gasteiger partial charge in [0.15, 0.2) is 0 Å². The zero-order valence-corrected chi connectivity index (χ0v) is 7.92. The Balaban J connectivity index is 2.82. The number of aliphatic hydroxyl groups is 1. The Kier molecular flexibility index (Phi) is 3.06. The van der Waals surface area contributed by atoms with Gasteiger partial charge >= 0.3 is 0 Å². The highest BCUT2D eigenvalue weighted by Crippen LogP contribution is 2.18. The third-order valence-electron chi connectivity index (χ3n) is 2.00. The van der Waals surface area contributed by atoms with Crippen LogP contribution in [-0.4, -0.2) is 16.2 Å². The van der Waals surface area contributed by atoms with Crippen LogP contribution in [0.3, 0.4) is 0 Å². The van der Waals surface area contributed by atoms with Crippen LogP contribution in [0.4, 0.5) is 0 Å². The fourth-order valence-electron chi connectivity index (χ4n) is 0.935. The van der Waals surface area contributed by atoms with Gasteiger partial charge in [-0.1, -0.05) is 24.6 Å². The summed E-state index contributed by atoms with van der Waals surface area (Å²) >= 11 is 5.62. The van der Waals surface area contributed by atoms with Crippen LogP contribution in [0, 0.1) is 0 Å². The minimum Gasteiger partial charge on any atom is -0.393 e. The van der Waals surface area contributed by atoms with Gasteiger partial charge in [-0.3, -0.25) is 0 Å². The molecule has 0 aliphatic rings. The van der Waals surface area contributed by atoms with Crippen LogP contribution >= 0.6 is 11.6 Å². The monoisotopic (exact) mass is 185 g/mol. The molecule has 0 fully saturated rings. The van der Waals surface area contributed by atoms with E-state index in [1.54, 1.807) is 19.2 Å². The van der Waals surface area contributed by atoms with Crippen LogP contribution in [0.25, 0.3) is 0 Å². The topological polar surface area (TPSA) is 33.1 Å². The second-order valence-electron chi connectivity index (χ2n) is 2.94. The molecule has 0 saturated heterocycles. The summed E-state index contributed by atoms with van der Waals surface area (Å²) in [5.74, 6) is 0.106. The van der Waals surface area contributed by atoms with Gasteiger partial charge in [0.2, 0.25) is 0 Å². The van der Waals surface area contributed by atoms with Gasteiger partial charge in [-0.2, -0.15) is 0 Å². The number of aliphatic hydroxyl groups excluding tert-OH is 1. The van der Waals surface area contributed by atoms with E-state index >= 15 is 0 Å². The Morgan fingerprint density at radius 2 is 2.08 bits per heavy atom. The third-order valence-corrected chi connectivity index (χ3v) is 2.22. The van der Waals surface area contributed by atoms with Crippen molar-refractivity contribution in [2.45, 2.75) is 25.9 Å². The average Bonchev–Trinajstić information content (AvgIpc) is 2.04. The summed E-state index contributed by atoms with van der Waals surface area (Å²) < 4.78 is 0. The maximum absolute atomic E-state index is 9.28. The molecule has 2 nitrogen and oxygen atoms in total. The number of aromatic nitrogens is 1. The normalized spacial score (nSPS) is 15.7. The molecule has 0 amide bonds. The van der Waals surface area contributed by atoms with E-state index in [0.717, 1.165) is 5.56 Å². The second kappa shape index (κ2) is 3.87. The van der Waals surface area contributed by atoms with Gasteiger partial charge in [0.25, 0.3) is 0 Å². The van der Waals surface area contributed by atoms with Crippen molar-refractivity contribution in [2.75, 3.05) is 0 Å². The molecule has 0 aromatic carbocycles. The summed E-state index contributed by atoms with van der Waals surface area (Å²) in [6, 6.07) is 3.61. The van der Waals surface area contributed by atoms with Crippen molar-refractivity contribution < 1.29 is 5.11 Å². The van der Waals surface area contributed by atoms with E-state index < -0.39 is 0 Å². The highest BCUT2D eigenvalue weighted by molar-refractivity contribution is 6.29. The van der Waals surface area contributed by atoms with Crippen LogP contribution in [0.1, 0.15) is 25.3 Å². The van der Waals surface area contributed by atoms with Crippen molar-refractivity contribution in [3.63, 3.8) is 0 Å². The van der Waals surface area contributed by atoms with Crippen LogP contribution in [0.15, 0.2) is 18.3 Å². The number of hydrogen-bond acceptors (Lipinski definition) is 2. The van der Waals surface area contributed by atoms with Crippen molar-refractivity contribution in [3.05, 3.63) is 29.0 Å². The first-order valence-corrected chi connectivity index (χ1v) is 4.28. The van der Waals surface area contributed by atoms with Gasteiger partial charge in [0.1, 0.15) is 5.15 Å². The molecule has 12 heavy (non-hydrogen) atoms. The Bertz CT molecular complexity index is 245. The number of rotatable bonds is 2. The number of hydrogen-bond donors (Lipinski definition) is 1. The van der Waals surface area contributed by atoms with Crippen LogP contribution < -0.4 is 0 Å². The Morgan fingerprint density at radius 1 is 1.42 bits per heavy atom. The van der Waals surface area contributed by atoms with E-state index in [4.69, 9.17) is 11.6 Å². The van der Waals surface area contributed by atoms with Gasteiger partial charge < -0.3 is 5.11 Å². The van der Waals surface area contributed by atoms with E-state index in [2.05, 4.69) is 4.98 Å². The summed E-state index contributed by atoms with van der Waals surface area (Å²) in [5, 5.41) is 9.77. The first-order valence-electron chi connectivity index (χ1n) is 3.91. The predicted molar refractivity (Wildman–Crippen MR) is 49.3 cm³/mol. The standard InChI is InChI=1S/C9H12ClNO/c1-6(7(2)12)8-3-4-9(10)11-5-8/h3-7,12H,1-2H3/t6-,7+/m0/s1. The van der Waals surface area contributed by atoms with Gasteiger partial charge in [0, 0.05) is 12.1 Å². The van der Waals surface area contributed by atoms with E-state index in [1.165, 1.54) is 0 Å². The number of nitrogens with zero attached hydrogens (tertiary/aromatic N) is 1. The summed E-state index contributed by atoms with van der Waals surface area (Å²) in [5.41, 5.74) is 1.01. The zero-order chi connectivity index (χ0) is 9.14. The molecule has 0 spiro atoms. The quantitative estimate of drug-likeness (QED) is 0.717. The fraction of sp³-hybridized carbons (Fsp3) is 0.444. The lowest BCUT2D eigenvalue weighted by atomic mass is 9.98. The molecule has 0 unspecified atom stereocenters. The Labute approximate surface area is 77.2 Å². The van der Waals surface area contributed by atoms with Crippen molar-refractivity contribution in [1.82, 2.24) is 4.98 Å². The van der Waals surface area contributed by atoms with Crippen molar-refractivity contribution >= 4 is 11.6 Å². The Hall–Kier alpha value is -0.600. The minimum atomic E-state index is -0.354. The molecule has 0 bridgehead atoms. The van der Waals surface area contributed by atoms with E-state index in [-0.39, 0.29) is 12.0 Å². The van der Waals surface area contributed by atoms with Crippen LogP contribution in [-0.2, 0) is 0 Å². The highest BCUT2D eigenvalue weighted by Gasteiger charge is 2.10. The Morgan fingerprint density at radius 3 is 2.50 bits per heavy atom. The SMILES string of the molecule is C[C@H](c1ccc(Cl)nc1)[C@@H](C)O. The largest absolute Gasteiger partial charge is 0.393 e. The lowest BCUT2D eigenvalue weighted by molar-refractivity contribution is 0.169. The molecule has 0 radical (unpaired) electrons. The van der Waals surface area contributed by atoms with Crippen molar-refractivity contribution in [2.24, 2.45) is 0 Å². The van der Waals surface area contributed by atoms with E-state index in [0.29, 0.717) is 5.15 Å². The van der Waals surface area contributed by atoms with E-state index in [9.17, 15) is 5.11 Å². The highest BCUT2D eigenvalue weighted by atomic mass is 35.5. The third kappa shape index (κ3) is 2.19. The lowest BCUT2D eigenvalue weighted by Gasteiger charge is -2.13. The fourth-order valence-corrected chi connectivity index (χ4v) is 1.05. The van der Waals surface area contributed by atoms with E-state index in [1.807, 2.05) is 13.0 Å². The molecule has 0 saturated carbocycles. The summed E-state index contributed by atoms with van der Waals surface area (Å²) in [6.07, 6.45) is 1.34. The van der Waals surface area contributed by atoms with Crippen molar-refractivity contribution in [3.8, 4) is 0 Å². The molecule has 1 heterocycles. The first-order chi connectivity index (χ1) is 5.61. The summed E-state index contributed by atoms with van der Waals surface area (Å²) in [6.45, 7) is 3.72. The maximum Gasteiger partial charge on any atom is 0.129 e. The molecule has 3 heteroatoms. The molecular weight excluding hydrogens is 174 g/mol. The average molecular weight is 186 g/mol. The molecular formula is C9H12ClNO. The molecule has 1 aromatic heterocycles. The van der Waals surface area contributed by atoms with Crippen LogP contribution in [0.5, 0.6) is 0 Å². The van der Waals surface area contributed by atoms with Crippen LogP contribution in [0.2, 0.25) is 5.15 Å².